The Kier molecular flexibility index (Phi) is 7.36. The number of alkyl halides is 2. The van der Waals surface area contributed by atoms with E-state index in [1.54, 1.807) is 19.2 Å². The van der Waals surface area contributed by atoms with Crippen LogP contribution in [-0.4, -0.2) is 53.7 Å². The van der Waals surface area contributed by atoms with Crippen molar-refractivity contribution < 1.29 is 28.2 Å². The largest absolute Gasteiger partial charge is 0.491 e. The number of Topliss-reactive ketones (excluding diaryl/α,β-unsaturated/α-hetero) is 1. The maximum atomic E-state index is 13.0. The maximum Gasteiger partial charge on any atom is 0.255 e. The average molecular weight is 475 g/mol. The van der Waals surface area contributed by atoms with Gasteiger partial charge in [-0.1, -0.05) is 19.1 Å². The first-order chi connectivity index (χ1) is 16.2. The number of halogens is 2. The molecule has 4 atom stereocenters. The zero-order valence-corrected chi connectivity index (χ0v) is 19.6. The van der Waals surface area contributed by atoms with Crippen LogP contribution >= 0.6 is 0 Å². The summed E-state index contributed by atoms with van der Waals surface area (Å²) in [5.74, 6) is -1.30. The monoisotopic (exact) mass is 474 g/mol. The molecule has 1 aliphatic heterocycles. The highest BCUT2D eigenvalue weighted by Crippen LogP contribution is 2.48. The van der Waals surface area contributed by atoms with E-state index in [0.29, 0.717) is 25.1 Å². The van der Waals surface area contributed by atoms with Crippen LogP contribution < -0.4 is 14.4 Å². The van der Waals surface area contributed by atoms with Crippen molar-refractivity contribution >= 4 is 11.6 Å². The summed E-state index contributed by atoms with van der Waals surface area (Å²) >= 11 is 0. The molecule has 1 aromatic heterocycles. The zero-order chi connectivity index (χ0) is 24.3. The summed E-state index contributed by atoms with van der Waals surface area (Å²) in [6, 6.07) is 11.2. The molecule has 0 radical (unpaired) electrons. The number of pyridine rings is 1. The molecule has 1 aliphatic carbocycles. The van der Waals surface area contributed by atoms with Gasteiger partial charge in [0.1, 0.15) is 29.2 Å². The molecule has 6 nitrogen and oxygen atoms in total. The van der Waals surface area contributed by atoms with Gasteiger partial charge in [0, 0.05) is 31.7 Å². The maximum absolute atomic E-state index is 13.0. The Labute approximate surface area is 198 Å². The van der Waals surface area contributed by atoms with Crippen LogP contribution in [0.15, 0.2) is 42.6 Å². The van der Waals surface area contributed by atoms with Gasteiger partial charge in [0.25, 0.3) is 5.92 Å². The van der Waals surface area contributed by atoms with Crippen molar-refractivity contribution in [1.82, 2.24) is 4.98 Å². The van der Waals surface area contributed by atoms with Crippen molar-refractivity contribution in [3.63, 3.8) is 0 Å². The number of anilines is 1. The van der Waals surface area contributed by atoms with Crippen LogP contribution in [0.1, 0.15) is 51.0 Å². The van der Waals surface area contributed by atoms with E-state index < -0.39 is 17.9 Å². The summed E-state index contributed by atoms with van der Waals surface area (Å²) in [5.41, 5.74) is 0.938. The van der Waals surface area contributed by atoms with Gasteiger partial charge in [-0.25, -0.2) is 13.8 Å². The first-order valence-electron chi connectivity index (χ1n) is 11.9. The lowest BCUT2D eigenvalue weighted by atomic mass is 9.93. The molecule has 184 valence electrons. The van der Waals surface area contributed by atoms with Crippen LogP contribution in [0.3, 0.4) is 0 Å². The molecule has 1 N–H and O–H groups in total. The van der Waals surface area contributed by atoms with Crippen LogP contribution in [0.25, 0.3) is 0 Å². The van der Waals surface area contributed by atoms with E-state index in [-0.39, 0.29) is 30.8 Å². The van der Waals surface area contributed by atoms with Crippen LogP contribution in [-0.2, 0) is 4.79 Å². The number of benzene rings is 1. The quantitative estimate of drug-likeness (QED) is 0.513. The minimum atomic E-state index is -2.58. The van der Waals surface area contributed by atoms with Gasteiger partial charge in [0.05, 0.1) is 31.4 Å². The molecule has 1 saturated heterocycles. The summed E-state index contributed by atoms with van der Waals surface area (Å²) in [6.45, 7) is 5.09. The molecule has 0 spiro atoms. The fourth-order valence-electron chi connectivity index (χ4n) is 4.11. The molecular formula is C26H32F2N2O4. The Morgan fingerprint density at radius 2 is 1.91 bits per heavy atom. The van der Waals surface area contributed by atoms with Gasteiger partial charge in [-0.15, -0.1) is 0 Å². The van der Waals surface area contributed by atoms with Crippen LogP contribution in [0.2, 0.25) is 0 Å². The normalized spacial score (nSPS) is 22.8. The van der Waals surface area contributed by atoms with Gasteiger partial charge in [0.15, 0.2) is 0 Å². The minimum Gasteiger partial charge on any atom is -0.491 e. The van der Waals surface area contributed by atoms with E-state index in [9.17, 15) is 18.7 Å². The number of hydrogen-bond acceptors (Lipinski definition) is 6. The van der Waals surface area contributed by atoms with E-state index in [0.717, 1.165) is 30.1 Å². The summed E-state index contributed by atoms with van der Waals surface area (Å²) in [7, 11) is 0. The van der Waals surface area contributed by atoms with Crippen LogP contribution in [0, 0.1) is 5.92 Å². The summed E-state index contributed by atoms with van der Waals surface area (Å²) in [6.07, 6.45) is 2.73. The standard InChI is InChI=1S/C26H32F2N2O4/c1-17(31)3-9-24(32)18(2)19-4-6-21(7-5-19)34-23-11-12-30(15-23)25-10-8-22(14-29-25)33-16-20-13-26(20,27)28/h4-8,10,14,17-18,20,23,31H,3,9,11-13,15-16H2,1-2H3/t17-,18?,20?,23+/m0/s1. The topological polar surface area (TPSA) is 71.9 Å². The van der Waals surface area contributed by atoms with E-state index in [2.05, 4.69) is 9.88 Å². The van der Waals surface area contributed by atoms with Crippen LogP contribution in [0.5, 0.6) is 11.5 Å². The lowest BCUT2D eigenvalue weighted by Crippen LogP contribution is -2.25. The zero-order valence-electron chi connectivity index (χ0n) is 19.6. The molecule has 0 amide bonds. The number of hydrogen-bond donors (Lipinski definition) is 1. The van der Waals surface area contributed by atoms with Gasteiger partial charge in [-0.05, 0) is 43.2 Å². The number of carbonyl (C=O) groups excluding carboxylic acids is 1. The van der Waals surface area contributed by atoms with Crippen molar-refractivity contribution in [2.24, 2.45) is 5.92 Å². The van der Waals surface area contributed by atoms with Gasteiger partial charge in [-0.2, -0.15) is 0 Å². The van der Waals surface area contributed by atoms with Gasteiger partial charge < -0.3 is 19.5 Å². The van der Waals surface area contributed by atoms with Crippen molar-refractivity contribution in [3.05, 3.63) is 48.2 Å². The second kappa shape index (κ2) is 10.3. The molecule has 2 aromatic rings. The van der Waals surface area contributed by atoms with E-state index in [4.69, 9.17) is 9.47 Å². The average Bonchev–Trinajstić information content (AvgIpc) is 3.19. The smallest absolute Gasteiger partial charge is 0.255 e. The molecule has 8 heteroatoms. The Balaban J connectivity index is 1.24. The molecule has 2 fully saturated rings. The number of ketones is 1. The number of aromatic nitrogens is 1. The minimum absolute atomic E-state index is 0.0151. The SMILES string of the molecule is CC(C(=O)CC[C@H](C)O)c1ccc(O[C@@H]2CCN(c3ccc(OCC4CC4(F)F)cn3)C2)cc1. The number of ether oxygens (including phenoxy) is 2. The van der Waals surface area contributed by atoms with Crippen molar-refractivity contribution in [3.8, 4) is 11.5 Å². The Bertz CT molecular complexity index is 966. The first-order valence-corrected chi connectivity index (χ1v) is 11.9. The lowest BCUT2D eigenvalue weighted by Gasteiger charge is -2.19. The van der Waals surface area contributed by atoms with Gasteiger partial charge in [-0.3, -0.25) is 4.79 Å². The number of aliphatic hydroxyl groups is 1. The van der Waals surface area contributed by atoms with Gasteiger partial charge >= 0.3 is 0 Å². The van der Waals surface area contributed by atoms with E-state index >= 15 is 0 Å². The third kappa shape index (κ3) is 6.23. The Morgan fingerprint density at radius 1 is 1.21 bits per heavy atom. The van der Waals surface area contributed by atoms with Crippen molar-refractivity contribution in [1.29, 1.82) is 0 Å². The predicted molar refractivity (Wildman–Crippen MR) is 125 cm³/mol. The fourth-order valence-corrected chi connectivity index (χ4v) is 4.11. The molecule has 1 saturated carbocycles. The highest BCUT2D eigenvalue weighted by atomic mass is 19.3. The van der Waals surface area contributed by atoms with Gasteiger partial charge in [0.2, 0.25) is 0 Å². The van der Waals surface area contributed by atoms with Crippen molar-refractivity contribution in [2.45, 2.75) is 63.6 Å². The number of aliphatic hydroxyl groups excluding tert-OH is 1. The summed E-state index contributed by atoms with van der Waals surface area (Å²) in [5, 5.41) is 9.38. The molecule has 0 bridgehead atoms. The Morgan fingerprint density at radius 3 is 2.53 bits per heavy atom. The molecule has 2 aliphatic rings. The second-order valence-electron chi connectivity index (χ2n) is 9.44. The highest BCUT2D eigenvalue weighted by Gasteiger charge is 2.57. The van der Waals surface area contributed by atoms with E-state index in [1.165, 1.54) is 0 Å². The molecule has 4 rings (SSSR count). The number of nitrogens with zero attached hydrogens (tertiary/aromatic N) is 2. The number of carbonyl (C=O) groups is 1. The number of rotatable bonds is 11. The third-order valence-corrected chi connectivity index (χ3v) is 6.57. The molecule has 2 heterocycles. The predicted octanol–water partition coefficient (Wildman–Crippen LogP) is 4.61. The van der Waals surface area contributed by atoms with E-state index in [1.807, 2.05) is 37.3 Å². The molecule has 34 heavy (non-hydrogen) atoms. The second-order valence-corrected chi connectivity index (χ2v) is 9.44. The Hall–Kier alpha value is -2.74. The highest BCUT2D eigenvalue weighted by molar-refractivity contribution is 5.85. The summed E-state index contributed by atoms with van der Waals surface area (Å²) < 4.78 is 37.5. The fraction of sp³-hybridized carbons (Fsp3) is 0.538. The van der Waals surface area contributed by atoms with Crippen LogP contribution in [0.4, 0.5) is 14.6 Å². The lowest BCUT2D eigenvalue weighted by molar-refractivity contribution is -0.120. The van der Waals surface area contributed by atoms with Crippen molar-refractivity contribution in [2.75, 3.05) is 24.6 Å². The first kappa shape index (κ1) is 24.4. The molecule has 2 unspecified atom stereocenters. The summed E-state index contributed by atoms with van der Waals surface area (Å²) in [4.78, 5) is 18.9. The molecule has 1 aromatic carbocycles. The molecular weight excluding hydrogens is 442 g/mol. The third-order valence-electron chi connectivity index (χ3n) is 6.57.